The SMILES string of the molecule is CCN(CC)[SH](F)F.F[B-](F)(F)F. The van der Waals surface area contributed by atoms with Crippen molar-refractivity contribution in [3.63, 3.8) is 0 Å². The van der Waals surface area contributed by atoms with Gasteiger partial charge in [0.1, 0.15) is 11.9 Å². The Balaban J connectivity index is 0. The monoisotopic (exact) mass is 230 g/mol. The minimum atomic E-state index is -6.00. The first-order valence-corrected chi connectivity index (χ1v) is 4.53. The molecule has 0 aromatic heterocycles. The normalized spacial score (nSPS) is 12.2. The second kappa shape index (κ2) is 7.37. The molecular formula is C4H11BF6NS-. The molecule has 9 heteroatoms. The predicted octanol–water partition coefficient (Wildman–Crippen LogP) is 3.31. The molecule has 13 heavy (non-hydrogen) atoms. The fourth-order valence-electron chi connectivity index (χ4n) is 0.437. The summed E-state index contributed by atoms with van der Waals surface area (Å²) in [5, 5.41) is 0. The van der Waals surface area contributed by atoms with Gasteiger partial charge in [-0.15, -0.1) is 7.77 Å². The summed E-state index contributed by atoms with van der Waals surface area (Å²) in [7, 11) is -6.00. The Morgan fingerprint density at radius 3 is 1.23 bits per heavy atom. The molecule has 84 valence electrons. The lowest BCUT2D eigenvalue weighted by Gasteiger charge is -2.17. The highest BCUT2D eigenvalue weighted by molar-refractivity contribution is 8.05. The van der Waals surface area contributed by atoms with Crippen LogP contribution in [-0.4, -0.2) is 24.6 Å². The van der Waals surface area contributed by atoms with Gasteiger partial charge in [-0.3, -0.25) is 0 Å². The van der Waals surface area contributed by atoms with Crippen LogP contribution in [0.4, 0.5) is 25.0 Å². The first-order valence-electron chi connectivity index (χ1n) is 3.46. The Morgan fingerprint density at radius 2 is 1.23 bits per heavy atom. The zero-order valence-corrected chi connectivity index (χ0v) is 8.05. The van der Waals surface area contributed by atoms with Crippen LogP contribution >= 0.6 is 11.9 Å². The molecule has 0 saturated heterocycles. The lowest BCUT2D eigenvalue weighted by molar-refractivity contribution is 0.368. The molecule has 0 aliphatic rings. The zero-order chi connectivity index (χ0) is 11.1. The number of rotatable bonds is 3. The van der Waals surface area contributed by atoms with Crippen LogP contribution in [-0.2, 0) is 0 Å². The summed E-state index contributed by atoms with van der Waals surface area (Å²) in [6.07, 6.45) is 0. The van der Waals surface area contributed by atoms with Crippen LogP contribution in [0.3, 0.4) is 0 Å². The van der Waals surface area contributed by atoms with E-state index in [-0.39, 0.29) is 0 Å². The molecule has 1 nitrogen and oxygen atoms in total. The molecule has 0 amide bonds. The summed E-state index contributed by atoms with van der Waals surface area (Å²) in [5.74, 6) is 0. The van der Waals surface area contributed by atoms with Gasteiger partial charge >= 0.3 is 7.25 Å². The van der Waals surface area contributed by atoms with Crippen molar-refractivity contribution in [1.82, 2.24) is 4.31 Å². The lowest BCUT2D eigenvalue weighted by atomic mass is 10.3. The molecule has 0 bridgehead atoms. The topological polar surface area (TPSA) is 3.24 Å². The van der Waals surface area contributed by atoms with Gasteiger partial charge in [0.25, 0.3) is 0 Å². The highest BCUT2D eigenvalue weighted by atomic mass is 32.3. The Hall–Kier alpha value is -0.0451. The molecular weight excluding hydrogens is 219 g/mol. The van der Waals surface area contributed by atoms with E-state index in [1.807, 2.05) is 0 Å². The third-order valence-corrected chi connectivity index (χ3v) is 1.94. The van der Waals surface area contributed by atoms with Crippen molar-refractivity contribution in [1.29, 1.82) is 0 Å². The van der Waals surface area contributed by atoms with E-state index in [1.54, 1.807) is 13.8 Å². The standard InChI is InChI=1S/C4H11F2NS.BF4/c1-3-7(4-2)8(5)6;2-1(3,4)5/h8H,3-4H2,1-2H3;/q;-1. The van der Waals surface area contributed by atoms with Crippen molar-refractivity contribution in [3.8, 4) is 0 Å². The molecule has 0 aliphatic carbocycles. The number of nitrogens with zero attached hydrogens (tertiary/aromatic N) is 1. The maximum absolute atomic E-state index is 11.7. The largest absolute Gasteiger partial charge is 0.673 e. The number of hydrogen-bond donors (Lipinski definition) is 1. The molecule has 0 spiro atoms. The van der Waals surface area contributed by atoms with Gasteiger partial charge in [0, 0.05) is 13.1 Å². The summed E-state index contributed by atoms with van der Waals surface area (Å²) >= 11 is -2.83. The molecule has 0 aliphatic heterocycles. The molecule has 0 rings (SSSR count). The van der Waals surface area contributed by atoms with Crippen LogP contribution < -0.4 is 0 Å². The quantitative estimate of drug-likeness (QED) is 0.442. The average Bonchev–Trinajstić information content (AvgIpc) is 1.85. The Bertz CT molecular complexity index is 110. The first kappa shape index (κ1) is 15.4. The van der Waals surface area contributed by atoms with Gasteiger partial charge in [-0.1, -0.05) is 13.8 Å². The van der Waals surface area contributed by atoms with Crippen molar-refractivity contribution < 1.29 is 25.0 Å². The van der Waals surface area contributed by atoms with Crippen LogP contribution in [0, 0.1) is 0 Å². The smallest absolute Gasteiger partial charge is 0.418 e. The molecule has 0 N–H and O–H groups in total. The maximum Gasteiger partial charge on any atom is 0.673 e. The Labute approximate surface area is 76.3 Å². The van der Waals surface area contributed by atoms with Gasteiger partial charge in [-0.25, -0.2) is 4.31 Å². The van der Waals surface area contributed by atoms with E-state index in [1.165, 1.54) is 0 Å². The fraction of sp³-hybridized carbons (Fsp3) is 1.00. The minimum Gasteiger partial charge on any atom is -0.418 e. The summed E-state index contributed by atoms with van der Waals surface area (Å²) in [6.45, 7) is 4.38. The molecule has 0 aromatic rings. The lowest BCUT2D eigenvalue weighted by Crippen LogP contribution is -2.14. The number of halogens is 6. The van der Waals surface area contributed by atoms with E-state index in [2.05, 4.69) is 0 Å². The highest BCUT2D eigenvalue weighted by Crippen LogP contribution is 2.31. The summed E-state index contributed by atoms with van der Waals surface area (Å²) < 4.78 is 63.5. The first-order chi connectivity index (χ1) is 5.72. The molecule has 0 unspecified atom stereocenters. The molecule has 0 radical (unpaired) electrons. The van der Waals surface area contributed by atoms with Crippen LogP contribution in [0.25, 0.3) is 0 Å². The van der Waals surface area contributed by atoms with Gasteiger partial charge in [0.05, 0.1) is 0 Å². The second-order valence-electron chi connectivity index (χ2n) is 1.85. The number of hydrogen-bond acceptors (Lipinski definition) is 1. The third kappa shape index (κ3) is 18.7. The van der Waals surface area contributed by atoms with E-state index in [0.717, 1.165) is 4.31 Å². The second-order valence-corrected chi connectivity index (χ2v) is 2.84. The molecule has 0 aromatic carbocycles. The average molecular weight is 230 g/mol. The van der Waals surface area contributed by atoms with Crippen molar-refractivity contribution >= 4 is 19.1 Å². The van der Waals surface area contributed by atoms with Crippen molar-refractivity contribution in [3.05, 3.63) is 0 Å². The third-order valence-electron chi connectivity index (χ3n) is 0.944. The molecule has 0 heterocycles. The van der Waals surface area contributed by atoms with E-state index < -0.39 is 19.1 Å². The Kier molecular flexibility index (Phi) is 8.74. The Morgan fingerprint density at radius 1 is 1.00 bits per heavy atom. The summed E-state index contributed by atoms with van der Waals surface area (Å²) in [4.78, 5) is 0. The van der Waals surface area contributed by atoms with Gasteiger partial charge in [0.2, 0.25) is 0 Å². The van der Waals surface area contributed by atoms with Crippen LogP contribution in [0.5, 0.6) is 0 Å². The van der Waals surface area contributed by atoms with Crippen molar-refractivity contribution in [2.45, 2.75) is 13.8 Å². The van der Waals surface area contributed by atoms with E-state index >= 15 is 0 Å². The highest BCUT2D eigenvalue weighted by Gasteiger charge is 2.20. The molecule has 0 saturated carbocycles. The maximum atomic E-state index is 11.7. The van der Waals surface area contributed by atoms with Gasteiger partial charge in [-0.2, -0.15) is 0 Å². The van der Waals surface area contributed by atoms with Crippen molar-refractivity contribution in [2.75, 3.05) is 13.1 Å². The molecule has 0 fully saturated rings. The minimum absolute atomic E-state index is 0.454. The predicted molar refractivity (Wildman–Crippen MR) is 44.3 cm³/mol. The van der Waals surface area contributed by atoms with Gasteiger partial charge in [-0.05, 0) is 0 Å². The van der Waals surface area contributed by atoms with Crippen LogP contribution in [0.2, 0.25) is 0 Å². The van der Waals surface area contributed by atoms with E-state index in [0.29, 0.717) is 13.1 Å². The summed E-state index contributed by atoms with van der Waals surface area (Å²) in [6, 6.07) is 0. The van der Waals surface area contributed by atoms with Crippen molar-refractivity contribution in [2.24, 2.45) is 0 Å². The van der Waals surface area contributed by atoms with Gasteiger partial charge in [0.15, 0.2) is 0 Å². The fourth-order valence-corrected chi connectivity index (χ4v) is 0.865. The molecule has 0 atom stereocenters. The van der Waals surface area contributed by atoms with E-state index in [9.17, 15) is 25.0 Å². The van der Waals surface area contributed by atoms with Crippen LogP contribution in [0.15, 0.2) is 0 Å². The number of thiol groups is 1. The van der Waals surface area contributed by atoms with Gasteiger partial charge < -0.3 is 17.3 Å². The van der Waals surface area contributed by atoms with E-state index in [4.69, 9.17) is 0 Å². The zero-order valence-electron chi connectivity index (χ0n) is 7.15. The summed E-state index contributed by atoms with van der Waals surface area (Å²) in [5.41, 5.74) is 0. The van der Waals surface area contributed by atoms with Crippen LogP contribution in [0.1, 0.15) is 13.8 Å².